The van der Waals surface area contributed by atoms with E-state index in [4.69, 9.17) is 0 Å². The smallest absolute Gasteiger partial charge is 0.298 e. The van der Waals surface area contributed by atoms with E-state index in [1.165, 1.54) is 19.2 Å². The molecule has 7 heteroatoms. The molecule has 2 rings (SSSR count). The van der Waals surface area contributed by atoms with Crippen LogP contribution in [0.25, 0.3) is 0 Å². The standard InChI is InChI=1S/C25H32F2N2O3/c1-24(2,3)22(23(32)28-4)29-21(31)15-14-20(30)25(26,27)19-12-10-18(11-13-19)16-17-8-6-5-7-9-17/h5-13,20,22,30H,14-16H2,1-4H3,(H,28,32)(H,29,31)/t20?,22-/m1/s1. The molecule has 0 radical (unpaired) electrons. The highest BCUT2D eigenvalue weighted by molar-refractivity contribution is 5.88. The Hall–Kier alpha value is -2.80. The molecule has 0 saturated heterocycles. The molecule has 0 aromatic heterocycles. The van der Waals surface area contributed by atoms with Crippen LogP contribution in [0.1, 0.15) is 50.3 Å². The topological polar surface area (TPSA) is 78.4 Å². The zero-order chi connectivity index (χ0) is 23.9. The minimum Gasteiger partial charge on any atom is -0.386 e. The largest absolute Gasteiger partial charge is 0.386 e. The summed E-state index contributed by atoms with van der Waals surface area (Å²) in [5.74, 6) is -4.44. The van der Waals surface area contributed by atoms with Gasteiger partial charge >= 0.3 is 0 Å². The Balaban J connectivity index is 1.97. The zero-order valence-electron chi connectivity index (χ0n) is 19.0. The summed E-state index contributed by atoms with van der Waals surface area (Å²) < 4.78 is 29.5. The van der Waals surface area contributed by atoms with Crippen molar-refractivity contribution in [1.82, 2.24) is 10.6 Å². The molecule has 5 nitrogen and oxygen atoms in total. The summed E-state index contributed by atoms with van der Waals surface area (Å²) in [5.41, 5.74) is 1.09. The fraction of sp³-hybridized carbons (Fsp3) is 0.440. The molecule has 2 amide bonds. The van der Waals surface area contributed by atoms with Gasteiger partial charge in [0.1, 0.15) is 12.1 Å². The van der Waals surface area contributed by atoms with Gasteiger partial charge in [-0.25, -0.2) is 0 Å². The summed E-state index contributed by atoms with van der Waals surface area (Å²) in [7, 11) is 1.46. The summed E-state index contributed by atoms with van der Waals surface area (Å²) in [6, 6.07) is 14.7. The average Bonchev–Trinajstić information content (AvgIpc) is 2.75. The lowest BCUT2D eigenvalue weighted by atomic mass is 9.86. The zero-order valence-corrected chi connectivity index (χ0v) is 19.0. The maximum absolute atomic E-state index is 14.7. The quantitative estimate of drug-likeness (QED) is 0.549. The minimum atomic E-state index is -3.50. The molecule has 0 aliphatic heterocycles. The summed E-state index contributed by atoms with van der Waals surface area (Å²) in [6.07, 6.45) is -2.17. The van der Waals surface area contributed by atoms with Crippen LogP contribution in [0, 0.1) is 5.41 Å². The molecule has 0 aliphatic rings. The number of amides is 2. The van der Waals surface area contributed by atoms with E-state index in [2.05, 4.69) is 10.6 Å². The number of likely N-dealkylation sites (N-methyl/N-ethyl adjacent to an activating group) is 1. The lowest BCUT2D eigenvalue weighted by Crippen LogP contribution is -2.53. The summed E-state index contributed by atoms with van der Waals surface area (Å²) in [5, 5.41) is 15.2. The second kappa shape index (κ2) is 10.7. The number of aliphatic hydroxyl groups is 1. The van der Waals surface area contributed by atoms with Crippen molar-refractivity contribution in [1.29, 1.82) is 0 Å². The van der Waals surface area contributed by atoms with Crippen molar-refractivity contribution in [3.8, 4) is 0 Å². The SMILES string of the molecule is CNC(=O)[C@@H](NC(=O)CCC(O)C(F)(F)c1ccc(Cc2ccccc2)cc1)C(C)(C)C. The Morgan fingerprint density at radius 1 is 0.969 bits per heavy atom. The fourth-order valence-corrected chi connectivity index (χ4v) is 3.37. The van der Waals surface area contributed by atoms with E-state index in [9.17, 15) is 23.5 Å². The molecule has 2 atom stereocenters. The number of halogens is 2. The number of hydrogen-bond acceptors (Lipinski definition) is 3. The van der Waals surface area contributed by atoms with Crippen LogP contribution in [0.4, 0.5) is 8.78 Å². The first kappa shape index (κ1) is 25.5. The molecule has 0 saturated carbocycles. The minimum absolute atomic E-state index is 0.305. The fourth-order valence-electron chi connectivity index (χ4n) is 3.37. The molecule has 174 valence electrons. The molecule has 0 aliphatic carbocycles. The predicted octanol–water partition coefficient (Wildman–Crippen LogP) is 3.79. The Morgan fingerprint density at radius 2 is 1.53 bits per heavy atom. The van der Waals surface area contributed by atoms with Crippen molar-refractivity contribution in [3.63, 3.8) is 0 Å². The Morgan fingerprint density at radius 3 is 2.06 bits per heavy atom. The first-order valence-corrected chi connectivity index (χ1v) is 10.7. The molecular weight excluding hydrogens is 414 g/mol. The van der Waals surface area contributed by atoms with Gasteiger partial charge in [0.25, 0.3) is 5.92 Å². The number of benzene rings is 2. The van der Waals surface area contributed by atoms with Gasteiger partial charge in [0.05, 0.1) is 0 Å². The van der Waals surface area contributed by atoms with Gasteiger partial charge in [-0.05, 0) is 29.4 Å². The lowest BCUT2D eigenvalue weighted by Gasteiger charge is -2.30. The molecule has 2 aromatic rings. The van der Waals surface area contributed by atoms with Gasteiger partial charge in [-0.15, -0.1) is 0 Å². The molecular formula is C25H32F2N2O3. The van der Waals surface area contributed by atoms with E-state index in [1.54, 1.807) is 32.9 Å². The Labute approximate surface area is 188 Å². The van der Waals surface area contributed by atoms with Crippen molar-refractivity contribution in [2.75, 3.05) is 7.05 Å². The van der Waals surface area contributed by atoms with Crippen LogP contribution in [0.15, 0.2) is 54.6 Å². The van der Waals surface area contributed by atoms with E-state index in [-0.39, 0.29) is 17.9 Å². The van der Waals surface area contributed by atoms with Crippen molar-refractivity contribution < 1.29 is 23.5 Å². The molecule has 0 heterocycles. The summed E-state index contributed by atoms with van der Waals surface area (Å²) >= 11 is 0. The molecule has 3 N–H and O–H groups in total. The third-order valence-electron chi connectivity index (χ3n) is 5.33. The van der Waals surface area contributed by atoms with E-state index in [0.29, 0.717) is 6.42 Å². The molecule has 0 spiro atoms. The van der Waals surface area contributed by atoms with Crippen LogP contribution in [0.5, 0.6) is 0 Å². The summed E-state index contributed by atoms with van der Waals surface area (Å²) in [6.45, 7) is 5.37. The van der Waals surface area contributed by atoms with Crippen molar-refractivity contribution >= 4 is 11.8 Å². The van der Waals surface area contributed by atoms with Crippen molar-refractivity contribution in [2.24, 2.45) is 5.41 Å². The first-order chi connectivity index (χ1) is 14.9. The number of hydrogen-bond donors (Lipinski definition) is 3. The summed E-state index contributed by atoms with van der Waals surface area (Å²) in [4.78, 5) is 24.3. The normalized spacial score (nSPS) is 13.8. The van der Waals surface area contributed by atoms with Gasteiger partial charge in [0.2, 0.25) is 11.8 Å². The third-order valence-corrected chi connectivity index (χ3v) is 5.33. The second-order valence-electron chi connectivity index (χ2n) is 9.02. The monoisotopic (exact) mass is 446 g/mol. The van der Waals surface area contributed by atoms with Crippen molar-refractivity contribution in [3.05, 3.63) is 71.3 Å². The molecule has 0 fully saturated rings. The van der Waals surface area contributed by atoms with Crippen LogP contribution in [-0.4, -0.2) is 36.1 Å². The van der Waals surface area contributed by atoms with Crippen LogP contribution >= 0.6 is 0 Å². The van der Waals surface area contributed by atoms with E-state index in [0.717, 1.165) is 11.1 Å². The average molecular weight is 447 g/mol. The van der Waals surface area contributed by atoms with Gasteiger partial charge in [0.15, 0.2) is 0 Å². The van der Waals surface area contributed by atoms with Gasteiger partial charge in [-0.2, -0.15) is 8.78 Å². The van der Waals surface area contributed by atoms with Gasteiger partial charge in [0, 0.05) is 19.0 Å². The Kier molecular flexibility index (Phi) is 8.50. The number of carbonyl (C=O) groups excluding carboxylic acids is 2. The highest BCUT2D eigenvalue weighted by atomic mass is 19.3. The van der Waals surface area contributed by atoms with E-state index in [1.807, 2.05) is 30.3 Å². The molecule has 32 heavy (non-hydrogen) atoms. The number of nitrogens with one attached hydrogen (secondary N) is 2. The van der Waals surface area contributed by atoms with Crippen molar-refractivity contribution in [2.45, 2.75) is 58.1 Å². The van der Waals surface area contributed by atoms with Gasteiger partial charge in [-0.1, -0.05) is 75.4 Å². The highest BCUT2D eigenvalue weighted by Gasteiger charge is 2.40. The van der Waals surface area contributed by atoms with Crippen LogP contribution < -0.4 is 10.6 Å². The van der Waals surface area contributed by atoms with E-state index < -0.39 is 35.8 Å². The molecule has 1 unspecified atom stereocenters. The second-order valence-corrected chi connectivity index (χ2v) is 9.02. The van der Waals surface area contributed by atoms with Crippen LogP contribution in [0.3, 0.4) is 0 Å². The van der Waals surface area contributed by atoms with Crippen LogP contribution in [0.2, 0.25) is 0 Å². The number of alkyl halides is 2. The number of carbonyl (C=O) groups is 2. The highest BCUT2D eigenvalue weighted by Crippen LogP contribution is 2.34. The third kappa shape index (κ3) is 6.85. The van der Waals surface area contributed by atoms with E-state index >= 15 is 0 Å². The first-order valence-electron chi connectivity index (χ1n) is 10.7. The Bertz CT molecular complexity index is 894. The maximum Gasteiger partial charge on any atom is 0.298 e. The van der Waals surface area contributed by atoms with Gasteiger partial charge in [-0.3, -0.25) is 9.59 Å². The lowest BCUT2D eigenvalue weighted by molar-refractivity contribution is -0.134. The van der Waals surface area contributed by atoms with Crippen LogP contribution in [-0.2, 0) is 21.9 Å². The predicted molar refractivity (Wildman–Crippen MR) is 120 cm³/mol. The molecule has 0 bridgehead atoms. The van der Waals surface area contributed by atoms with Gasteiger partial charge < -0.3 is 15.7 Å². The number of aliphatic hydroxyl groups excluding tert-OH is 1. The number of rotatable bonds is 9. The molecule has 2 aromatic carbocycles. The maximum atomic E-state index is 14.7.